The number of methoxy groups -OCH3 is 1. The fraction of sp³-hybridized carbons (Fsp3) is 0.333. The molecule has 0 aromatic heterocycles. The van der Waals surface area contributed by atoms with E-state index in [9.17, 15) is 4.79 Å². The number of carbonyl (C=O) groups is 1. The summed E-state index contributed by atoms with van der Waals surface area (Å²) >= 11 is 11.4. The SMILES string of the molecule is COc1ccccc1NC(=S)NNC(=O)CSP(=S)(OC)OC. The van der Waals surface area contributed by atoms with Gasteiger partial charge in [0, 0.05) is 14.2 Å². The summed E-state index contributed by atoms with van der Waals surface area (Å²) in [5, 5.41) is 3.15. The Kier molecular flexibility index (Phi) is 8.82. The molecule has 0 radical (unpaired) electrons. The lowest BCUT2D eigenvalue weighted by molar-refractivity contribution is -0.119. The molecule has 1 rings (SSSR count). The van der Waals surface area contributed by atoms with Crippen molar-refractivity contribution in [1.82, 2.24) is 10.9 Å². The van der Waals surface area contributed by atoms with E-state index in [1.54, 1.807) is 19.2 Å². The van der Waals surface area contributed by atoms with E-state index < -0.39 is 5.69 Å². The van der Waals surface area contributed by atoms with E-state index in [2.05, 4.69) is 16.2 Å². The molecule has 0 unspecified atom stereocenters. The summed E-state index contributed by atoms with van der Waals surface area (Å²) < 4.78 is 15.4. The van der Waals surface area contributed by atoms with Crippen LogP contribution >= 0.6 is 29.3 Å². The highest BCUT2D eigenvalue weighted by Gasteiger charge is 2.18. The van der Waals surface area contributed by atoms with Gasteiger partial charge in [0.25, 0.3) is 0 Å². The summed E-state index contributed by atoms with van der Waals surface area (Å²) in [4.78, 5) is 11.8. The number of hydrogen-bond acceptors (Lipinski definition) is 7. The van der Waals surface area contributed by atoms with E-state index in [1.807, 2.05) is 12.1 Å². The minimum Gasteiger partial charge on any atom is -0.495 e. The van der Waals surface area contributed by atoms with Crippen molar-refractivity contribution in [2.75, 3.05) is 32.4 Å². The number of benzene rings is 1. The van der Waals surface area contributed by atoms with Crippen molar-refractivity contribution >= 4 is 57.8 Å². The van der Waals surface area contributed by atoms with Gasteiger partial charge in [-0.3, -0.25) is 15.6 Å². The minimum absolute atomic E-state index is 0.0865. The van der Waals surface area contributed by atoms with E-state index in [1.165, 1.54) is 14.2 Å². The molecule has 11 heteroatoms. The fourth-order valence-corrected chi connectivity index (χ4v) is 4.18. The fourth-order valence-electron chi connectivity index (χ4n) is 1.38. The first kappa shape index (κ1) is 20.1. The molecule has 23 heavy (non-hydrogen) atoms. The van der Waals surface area contributed by atoms with E-state index in [-0.39, 0.29) is 16.8 Å². The molecule has 0 heterocycles. The van der Waals surface area contributed by atoms with Gasteiger partial charge < -0.3 is 19.1 Å². The minimum atomic E-state index is -2.45. The number of rotatable bonds is 7. The number of carbonyl (C=O) groups excluding carboxylic acids is 1. The quantitative estimate of drug-likeness (QED) is 0.366. The predicted molar refractivity (Wildman–Crippen MR) is 101 cm³/mol. The number of thiocarbonyl (C=S) groups is 1. The van der Waals surface area contributed by atoms with Crippen LogP contribution in [0.5, 0.6) is 5.75 Å². The lowest BCUT2D eigenvalue weighted by Gasteiger charge is -2.17. The maximum absolute atomic E-state index is 11.8. The molecule has 1 amide bonds. The number of para-hydroxylation sites is 2. The molecule has 128 valence electrons. The highest BCUT2D eigenvalue weighted by atomic mass is 32.9. The second-order valence-corrected chi connectivity index (χ2v) is 10.8. The number of hydrogen-bond donors (Lipinski definition) is 3. The monoisotopic (exact) mass is 395 g/mol. The molecule has 0 saturated carbocycles. The van der Waals surface area contributed by atoms with Gasteiger partial charge in [-0.15, -0.1) is 0 Å². The van der Waals surface area contributed by atoms with Crippen LogP contribution in [0.4, 0.5) is 5.69 Å². The Morgan fingerprint density at radius 3 is 2.48 bits per heavy atom. The van der Waals surface area contributed by atoms with Crippen LogP contribution in [-0.4, -0.2) is 38.1 Å². The Morgan fingerprint density at radius 2 is 1.87 bits per heavy atom. The molecule has 0 saturated heterocycles. The smallest absolute Gasteiger partial charge is 0.248 e. The molecule has 0 aliphatic heterocycles. The average Bonchev–Trinajstić information content (AvgIpc) is 2.58. The zero-order valence-corrected chi connectivity index (χ0v) is 16.2. The highest BCUT2D eigenvalue weighted by Crippen LogP contribution is 2.59. The highest BCUT2D eigenvalue weighted by molar-refractivity contribution is 8.68. The summed E-state index contributed by atoms with van der Waals surface area (Å²) in [6, 6.07) is 7.28. The van der Waals surface area contributed by atoms with Gasteiger partial charge in [-0.2, -0.15) is 0 Å². The Hall–Kier alpha value is -0.900. The molecular weight excluding hydrogens is 377 g/mol. The number of amides is 1. The molecule has 3 N–H and O–H groups in total. The standard InChI is InChI=1S/C12H18N3O4PS3/c1-17-10-7-5-4-6-9(10)13-12(21)15-14-11(16)8-23-20(22,18-2)19-3/h4-7H,8H2,1-3H3,(H,14,16)(H2,13,15,21). The zero-order chi connectivity index (χ0) is 17.3. The summed E-state index contributed by atoms with van der Waals surface area (Å²) in [7, 11) is 4.48. The van der Waals surface area contributed by atoms with Crippen LogP contribution in [0.1, 0.15) is 0 Å². The lowest BCUT2D eigenvalue weighted by Crippen LogP contribution is -2.44. The Bertz CT molecular complexity index is 595. The largest absolute Gasteiger partial charge is 0.495 e. The van der Waals surface area contributed by atoms with Crippen molar-refractivity contribution in [2.45, 2.75) is 0 Å². The second kappa shape index (κ2) is 10.1. The van der Waals surface area contributed by atoms with Crippen LogP contribution in [0, 0.1) is 0 Å². The maximum atomic E-state index is 11.8. The van der Waals surface area contributed by atoms with Gasteiger partial charge in [0.15, 0.2) is 5.11 Å². The van der Waals surface area contributed by atoms with Crippen LogP contribution in [0.15, 0.2) is 24.3 Å². The molecule has 0 atom stereocenters. The molecule has 1 aromatic carbocycles. The first-order chi connectivity index (χ1) is 10.9. The van der Waals surface area contributed by atoms with Gasteiger partial charge in [-0.1, -0.05) is 23.5 Å². The topological polar surface area (TPSA) is 80.9 Å². The zero-order valence-electron chi connectivity index (χ0n) is 12.8. The first-order valence-electron chi connectivity index (χ1n) is 6.29. The molecule has 0 bridgehead atoms. The molecular formula is C12H18N3O4PS3. The van der Waals surface area contributed by atoms with E-state index in [4.69, 9.17) is 37.8 Å². The van der Waals surface area contributed by atoms with Crippen LogP contribution in [0.2, 0.25) is 0 Å². The van der Waals surface area contributed by atoms with Crippen molar-refractivity contribution in [3.8, 4) is 5.75 Å². The van der Waals surface area contributed by atoms with Crippen LogP contribution in [-0.2, 0) is 25.6 Å². The first-order valence-corrected chi connectivity index (χ1v) is 10.9. The van der Waals surface area contributed by atoms with Gasteiger partial charge in [0.1, 0.15) is 5.75 Å². The van der Waals surface area contributed by atoms with Crippen molar-refractivity contribution in [3.05, 3.63) is 24.3 Å². The van der Waals surface area contributed by atoms with E-state index in [0.717, 1.165) is 11.4 Å². The summed E-state index contributed by atoms with van der Waals surface area (Å²) in [5.74, 6) is 0.422. The van der Waals surface area contributed by atoms with E-state index >= 15 is 0 Å². The molecule has 0 aliphatic carbocycles. The molecule has 1 aromatic rings. The Labute approximate surface area is 149 Å². The van der Waals surface area contributed by atoms with Crippen LogP contribution in [0.25, 0.3) is 0 Å². The van der Waals surface area contributed by atoms with Gasteiger partial charge in [0.2, 0.25) is 11.6 Å². The van der Waals surface area contributed by atoms with Gasteiger partial charge in [-0.05, 0) is 36.2 Å². The number of anilines is 1. The van der Waals surface area contributed by atoms with Crippen molar-refractivity contribution in [1.29, 1.82) is 0 Å². The van der Waals surface area contributed by atoms with Crippen molar-refractivity contribution in [2.24, 2.45) is 0 Å². The third-order valence-corrected chi connectivity index (χ3v) is 8.35. The lowest BCUT2D eigenvalue weighted by atomic mass is 10.3. The Balaban J connectivity index is 2.41. The number of nitrogens with one attached hydrogen (secondary N) is 3. The molecule has 0 aliphatic rings. The Morgan fingerprint density at radius 1 is 1.22 bits per heavy atom. The summed E-state index contributed by atoms with van der Waals surface area (Å²) in [6.07, 6.45) is 0. The molecule has 0 fully saturated rings. The van der Waals surface area contributed by atoms with E-state index in [0.29, 0.717) is 11.4 Å². The van der Waals surface area contributed by atoms with Gasteiger partial charge in [-0.25, -0.2) is 0 Å². The van der Waals surface area contributed by atoms with Crippen molar-refractivity contribution < 1.29 is 18.6 Å². The average molecular weight is 395 g/mol. The van der Waals surface area contributed by atoms with Crippen LogP contribution < -0.4 is 20.9 Å². The normalized spacial score (nSPS) is 10.7. The second-order valence-electron chi connectivity index (χ2n) is 3.91. The van der Waals surface area contributed by atoms with Crippen molar-refractivity contribution in [3.63, 3.8) is 0 Å². The van der Waals surface area contributed by atoms with Gasteiger partial charge >= 0.3 is 0 Å². The maximum Gasteiger partial charge on any atom is 0.248 e. The number of hydrazine groups is 1. The molecule has 7 nitrogen and oxygen atoms in total. The summed E-state index contributed by atoms with van der Waals surface area (Å²) in [6.45, 7) is 0. The third kappa shape index (κ3) is 7.03. The summed E-state index contributed by atoms with van der Waals surface area (Å²) in [5.41, 5.74) is 3.30. The predicted octanol–water partition coefficient (Wildman–Crippen LogP) is 2.26. The number of ether oxygens (including phenoxy) is 1. The van der Waals surface area contributed by atoms with Crippen LogP contribution in [0.3, 0.4) is 0 Å². The molecule has 0 spiro atoms. The van der Waals surface area contributed by atoms with Gasteiger partial charge in [0.05, 0.1) is 18.6 Å². The third-order valence-electron chi connectivity index (χ3n) is 2.47.